The van der Waals surface area contributed by atoms with Crippen molar-refractivity contribution in [3.63, 3.8) is 0 Å². The van der Waals surface area contributed by atoms with Crippen LogP contribution in [0.3, 0.4) is 0 Å². The Balaban J connectivity index is 2.32. The molecule has 0 spiro atoms. The fraction of sp³-hybridized carbons (Fsp3) is 0.200. The monoisotopic (exact) mass is 363 g/mol. The predicted molar refractivity (Wildman–Crippen MR) is 72.1 cm³/mol. The fourth-order valence-corrected chi connectivity index (χ4v) is 3.41. The van der Waals surface area contributed by atoms with Gasteiger partial charge >= 0.3 is 5.97 Å². The van der Waals surface area contributed by atoms with Gasteiger partial charge in [0.25, 0.3) is 10.0 Å². The van der Waals surface area contributed by atoms with E-state index in [1.165, 1.54) is 12.4 Å². The van der Waals surface area contributed by atoms with Crippen molar-refractivity contribution >= 4 is 37.6 Å². The maximum Gasteiger partial charge on any atom is 0.371 e. The molecule has 0 radical (unpaired) electrons. The van der Waals surface area contributed by atoms with Crippen molar-refractivity contribution in [2.45, 2.75) is 18.4 Å². The maximum atomic E-state index is 12.1. The van der Waals surface area contributed by atoms with Crippen molar-refractivity contribution in [3.05, 3.63) is 28.9 Å². The summed E-state index contributed by atoms with van der Waals surface area (Å²) in [5.74, 6) is -1.83. The van der Waals surface area contributed by atoms with E-state index in [1.54, 1.807) is 4.68 Å². The smallest absolute Gasteiger partial charge is 0.371 e. The number of halogens is 1. The number of nitrogens with one attached hydrogen (secondary N) is 1. The van der Waals surface area contributed by atoms with Gasteiger partial charge in [-0.05, 0) is 22.9 Å². The molecule has 2 N–H and O–H groups in total. The van der Waals surface area contributed by atoms with Crippen LogP contribution in [0, 0.1) is 0 Å². The van der Waals surface area contributed by atoms with Gasteiger partial charge in [0, 0.05) is 18.8 Å². The van der Waals surface area contributed by atoms with E-state index in [2.05, 4.69) is 25.8 Å². The molecule has 108 valence electrons. The van der Waals surface area contributed by atoms with E-state index in [-0.39, 0.29) is 15.3 Å². The lowest BCUT2D eigenvalue weighted by Crippen LogP contribution is -2.12. The van der Waals surface area contributed by atoms with Gasteiger partial charge in [0.15, 0.2) is 4.67 Å². The Kier molecular flexibility index (Phi) is 3.86. The van der Waals surface area contributed by atoms with Gasteiger partial charge in [-0.3, -0.25) is 9.40 Å². The third-order valence-corrected chi connectivity index (χ3v) is 4.60. The molecule has 2 heterocycles. The molecule has 0 amide bonds. The molecule has 20 heavy (non-hydrogen) atoms. The molecule has 2 rings (SSSR count). The van der Waals surface area contributed by atoms with Gasteiger partial charge in [-0.2, -0.15) is 5.10 Å². The standard InChI is InChI=1S/C10H10BrN3O5S/c1-2-14-5-6(4-12-14)13-20(17,18)8-3-7(10(15)16)19-9(8)11/h3-5,13H,2H2,1H3,(H,15,16). The molecule has 0 unspecified atom stereocenters. The van der Waals surface area contributed by atoms with Crippen molar-refractivity contribution in [1.29, 1.82) is 0 Å². The summed E-state index contributed by atoms with van der Waals surface area (Å²) in [6.45, 7) is 2.46. The molecule has 0 aliphatic carbocycles. The summed E-state index contributed by atoms with van der Waals surface area (Å²) < 4.78 is 32.7. The predicted octanol–water partition coefficient (Wildman–Crippen LogP) is 1.76. The van der Waals surface area contributed by atoms with Gasteiger partial charge in [0.05, 0.1) is 11.9 Å². The highest BCUT2D eigenvalue weighted by Crippen LogP contribution is 2.27. The number of aromatic carboxylic acids is 1. The lowest BCUT2D eigenvalue weighted by atomic mass is 10.5. The van der Waals surface area contributed by atoms with Crippen LogP contribution in [0.15, 0.2) is 32.4 Å². The van der Waals surface area contributed by atoms with Crippen LogP contribution in [0.2, 0.25) is 0 Å². The fourth-order valence-electron chi connectivity index (χ4n) is 1.44. The highest BCUT2D eigenvalue weighted by atomic mass is 79.9. The number of carboxylic acids is 1. The van der Waals surface area contributed by atoms with Crippen LogP contribution >= 0.6 is 15.9 Å². The van der Waals surface area contributed by atoms with Crippen molar-refractivity contribution in [1.82, 2.24) is 9.78 Å². The summed E-state index contributed by atoms with van der Waals surface area (Å²) in [7, 11) is -3.96. The van der Waals surface area contributed by atoms with E-state index in [9.17, 15) is 13.2 Å². The normalized spacial score (nSPS) is 11.5. The van der Waals surface area contributed by atoms with Gasteiger partial charge < -0.3 is 9.52 Å². The summed E-state index contributed by atoms with van der Waals surface area (Å²) in [4.78, 5) is 10.5. The van der Waals surface area contributed by atoms with Crippen molar-refractivity contribution in [2.24, 2.45) is 0 Å². The average molecular weight is 364 g/mol. The second-order valence-corrected chi connectivity index (χ2v) is 6.12. The second kappa shape index (κ2) is 5.29. The Morgan fingerprint density at radius 3 is 2.80 bits per heavy atom. The number of aromatic nitrogens is 2. The van der Waals surface area contributed by atoms with Gasteiger partial charge in [-0.1, -0.05) is 0 Å². The number of hydrogen-bond acceptors (Lipinski definition) is 5. The molecule has 0 aliphatic rings. The Morgan fingerprint density at radius 2 is 2.30 bits per heavy atom. The molecule has 2 aromatic heterocycles. The first-order valence-electron chi connectivity index (χ1n) is 5.41. The maximum absolute atomic E-state index is 12.1. The molecular weight excluding hydrogens is 354 g/mol. The van der Waals surface area contributed by atoms with E-state index in [4.69, 9.17) is 9.52 Å². The summed E-state index contributed by atoms with van der Waals surface area (Å²) >= 11 is 2.88. The number of furan rings is 1. The molecule has 0 saturated heterocycles. The number of carboxylic acid groups (broad SMARTS) is 1. The van der Waals surface area contributed by atoms with Crippen LogP contribution in [0.4, 0.5) is 5.69 Å². The molecule has 0 aliphatic heterocycles. The average Bonchev–Trinajstić information content (AvgIpc) is 2.95. The summed E-state index contributed by atoms with van der Waals surface area (Å²) in [6, 6.07) is 0.930. The van der Waals surface area contributed by atoms with Crippen molar-refractivity contribution in [2.75, 3.05) is 4.72 Å². The Labute approximate surface area is 122 Å². The van der Waals surface area contributed by atoms with E-state index >= 15 is 0 Å². The first-order chi connectivity index (χ1) is 9.33. The zero-order valence-corrected chi connectivity index (χ0v) is 12.6. The number of aryl methyl sites for hydroxylation is 1. The van der Waals surface area contributed by atoms with Gasteiger partial charge in [0.2, 0.25) is 5.76 Å². The lowest BCUT2D eigenvalue weighted by Gasteiger charge is -2.03. The quantitative estimate of drug-likeness (QED) is 0.836. The van der Waals surface area contributed by atoms with Crippen LogP contribution in [0.1, 0.15) is 17.5 Å². The topological polar surface area (TPSA) is 114 Å². The van der Waals surface area contributed by atoms with Gasteiger partial charge in [0.1, 0.15) is 4.90 Å². The van der Waals surface area contributed by atoms with E-state index < -0.39 is 21.8 Å². The van der Waals surface area contributed by atoms with Crippen LogP contribution in [0.25, 0.3) is 0 Å². The first-order valence-corrected chi connectivity index (χ1v) is 7.69. The number of hydrogen-bond donors (Lipinski definition) is 2. The molecule has 8 nitrogen and oxygen atoms in total. The van der Waals surface area contributed by atoms with Crippen molar-refractivity contribution in [3.8, 4) is 0 Å². The van der Waals surface area contributed by atoms with E-state index in [0.29, 0.717) is 6.54 Å². The zero-order valence-electron chi connectivity index (χ0n) is 10.2. The van der Waals surface area contributed by atoms with Crippen LogP contribution in [-0.2, 0) is 16.6 Å². The SMILES string of the molecule is CCn1cc(NS(=O)(=O)c2cc(C(=O)O)oc2Br)cn1. The molecular formula is C10H10BrN3O5S. The molecule has 0 fully saturated rings. The third-order valence-electron chi connectivity index (χ3n) is 2.37. The summed E-state index contributed by atoms with van der Waals surface area (Å²) in [5.41, 5.74) is 0.275. The molecule has 0 saturated carbocycles. The minimum Gasteiger partial charge on any atom is -0.475 e. The van der Waals surface area contributed by atoms with Crippen LogP contribution in [0.5, 0.6) is 0 Å². The first kappa shape index (κ1) is 14.6. The summed E-state index contributed by atoms with van der Waals surface area (Å²) in [6.07, 6.45) is 2.87. The highest BCUT2D eigenvalue weighted by Gasteiger charge is 2.25. The number of anilines is 1. The van der Waals surface area contributed by atoms with Gasteiger partial charge in [-0.25, -0.2) is 13.2 Å². The zero-order chi connectivity index (χ0) is 14.9. The minimum atomic E-state index is -3.96. The third kappa shape index (κ3) is 2.85. The summed E-state index contributed by atoms with van der Waals surface area (Å²) in [5, 5.41) is 12.7. The molecule has 10 heteroatoms. The van der Waals surface area contributed by atoms with Crippen LogP contribution in [-0.4, -0.2) is 29.3 Å². The minimum absolute atomic E-state index is 0.176. The van der Waals surface area contributed by atoms with Crippen LogP contribution < -0.4 is 4.72 Å². The Hall–Kier alpha value is -1.81. The number of sulfonamides is 1. The Morgan fingerprint density at radius 1 is 1.60 bits per heavy atom. The van der Waals surface area contributed by atoms with E-state index in [0.717, 1.165) is 6.07 Å². The molecule has 0 aromatic carbocycles. The van der Waals surface area contributed by atoms with Crippen molar-refractivity contribution < 1.29 is 22.7 Å². The van der Waals surface area contributed by atoms with E-state index in [1.807, 2.05) is 6.92 Å². The number of nitrogens with zero attached hydrogens (tertiary/aromatic N) is 2. The largest absolute Gasteiger partial charge is 0.475 e. The molecule has 0 atom stereocenters. The Bertz CT molecular complexity index is 749. The molecule has 0 bridgehead atoms. The lowest BCUT2D eigenvalue weighted by molar-refractivity contribution is 0.0661. The number of carbonyl (C=O) groups is 1. The number of rotatable bonds is 5. The van der Waals surface area contributed by atoms with Gasteiger partial charge in [-0.15, -0.1) is 0 Å². The second-order valence-electron chi connectivity index (χ2n) is 3.74. The highest BCUT2D eigenvalue weighted by molar-refractivity contribution is 9.10. The molecule has 2 aromatic rings.